The van der Waals surface area contributed by atoms with Gasteiger partial charge in [-0.1, -0.05) is 18.9 Å². The van der Waals surface area contributed by atoms with E-state index in [1.807, 2.05) is 24.3 Å². The Hall–Kier alpha value is -2.80. The molecule has 5 rings (SSSR count). The monoisotopic (exact) mass is 419 g/mol. The van der Waals surface area contributed by atoms with Crippen LogP contribution in [0.5, 0.6) is 0 Å². The number of carbonyl (C=O) groups is 1. The normalized spacial score (nSPS) is 18.5. The number of amides is 1. The third-order valence-corrected chi connectivity index (χ3v) is 7.43. The SMILES string of the molecule is O=C(N1CCN(c2ccc(-c3cccnc3)nn2)CC1)C1(c2cccs2)CCCC1. The molecule has 1 aliphatic carbocycles. The van der Waals surface area contributed by atoms with Crippen molar-refractivity contribution in [2.45, 2.75) is 31.1 Å². The van der Waals surface area contributed by atoms with Crippen molar-refractivity contribution in [3.05, 3.63) is 59.0 Å². The predicted molar refractivity (Wildman–Crippen MR) is 119 cm³/mol. The van der Waals surface area contributed by atoms with Crippen molar-refractivity contribution in [2.75, 3.05) is 31.1 Å². The van der Waals surface area contributed by atoms with Crippen molar-refractivity contribution < 1.29 is 4.79 Å². The topological polar surface area (TPSA) is 62.2 Å². The van der Waals surface area contributed by atoms with Gasteiger partial charge in [0, 0.05) is 49.0 Å². The Kier molecular flexibility index (Phi) is 5.21. The Morgan fingerprint density at radius 2 is 1.80 bits per heavy atom. The Bertz CT molecular complexity index is 976. The Labute approximate surface area is 180 Å². The minimum atomic E-state index is -0.290. The van der Waals surface area contributed by atoms with Gasteiger partial charge in [-0.25, -0.2) is 0 Å². The number of pyridine rings is 1. The maximum Gasteiger partial charge on any atom is 0.234 e. The lowest BCUT2D eigenvalue weighted by atomic mass is 9.82. The van der Waals surface area contributed by atoms with E-state index >= 15 is 0 Å². The standard InChI is InChI=1S/C23H25N5OS/c29-22(23(9-1-2-10-23)20-6-4-16-30-20)28-14-12-27(13-15-28)21-8-7-19(25-26-21)18-5-3-11-24-17-18/h3-8,11,16-17H,1-2,9-10,12-15H2. The number of carbonyl (C=O) groups excluding carboxylic acids is 1. The molecule has 0 atom stereocenters. The zero-order valence-electron chi connectivity index (χ0n) is 16.9. The van der Waals surface area contributed by atoms with Crippen molar-refractivity contribution >= 4 is 23.1 Å². The number of thiophene rings is 1. The molecule has 1 amide bonds. The minimum absolute atomic E-state index is 0.290. The summed E-state index contributed by atoms with van der Waals surface area (Å²) in [4.78, 5) is 23.2. The molecule has 2 fully saturated rings. The van der Waals surface area contributed by atoms with Crippen LogP contribution in [0, 0.1) is 0 Å². The fourth-order valence-electron chi connectivity index (χ4n) is 4.70. The van der Waals surface area contributed by atoms with Gasteiger partial charge in [-0.15, -0.1) is 21.5 Å². The molecule has 1 saturated heterocycles. The second-order valence-electron chi connectivity index (χ2n) is 8.06. The highest BCUT2D eigenvalue weighted by Gasteiger charge is 2.46. The summed E-state index contributed by atoms with van der Waals surface area (Å²) in [5.74, 6) is 1.18. The molecule has 30 heavy (non-hydrogen) atoms. The first kappa shape index (κ1) is 19.2. The number of hydrogen-bond donors (Lipinski definition) is 0. The first-order chi connectivity index (χ1) is 14.8. The van der Waals surface area contributed by atoms with Crippen LogP contribution in [0.15, 0.2) is 54.2 Å². The van der Waals surface area contributed by atoms with E-state index in [0.717, 1.165) is 68.9 Å². The first-order valence-corrected chi connectivity index (χ1v) is 11.5. The van der Waals surface area contributed by atoms with Gasteiger partial charge in [0.2, 0.25) is 5.91 Å². The molecule has 0 aromatic carbocycles. The van der Waals surface area contributed by atoms with Gasteiger partial charge < -0.3 is 9.80 Å². The lowest BCUT2D eigenvalue weighted by Crippen LogP contribution is -2.54. The number of aromatic nitrogens is 3. The quantitative estimate of drug-likeness (QED) is 0.644. The second kappa shape index (κ2) is 8.14. The molecule has 3 aromatic rings. The fourth-order valence-corrected chi connectivity index (χ4v) is 5.68. The van der Waals surface area contributed by atoms with Gasteiger partial charge in [0.25, 0.3) is 0 Å². The van der Waals surface area contributed by atoms with E-state index < -0.39 is 0 Å². The number of rotatable bonds is 4. The highest BCUT2D eigenvalue weighted by molar-refractivity contribution is 7.10. The third kappa shape index (κ3) is 3.47. The van der Waals surface area contributed by atoms with Crippen LogP contribution in [-0.4, -0.2) is 52.2 Å². The van der Waals surface area contributed by atoms with E-state index in [0.29, 0.717) is 5.91 Å². The summed E-state index contributed by atoms with van der Waals surface area (Å²) in [6.45, 7) is 3.04. The summed E-state index contributed by atoms with van der Waals surface area (Å²) >= 11 is 1.73. The van der Waals surface area contributed by atoms with Gasteiger partial charge in [-0.2, -0.15) is 0 Å². The van der Waals surface area contributed by atoms with E-state index in [9.17, 15) is 4.79 Å². The van der Waals surface area contributed by atoms with Gasteiger partial charge in [0.1, 0.15) is 0 Å². The summed E-state index contributed by atoms with van der Waals surface area (Å²) < 4.78 is 0. The van der Waals surface area contributed by atoms with E-state index in [-0.39, 0.29) is 5.41 Å². The Balaban J connectivity index is 1.26. The number of nitrogens with zero attached hydrogens (tertiary/aromatic N) is 5. The summed E-state index contributed by atoms with van der Waals surface area (Å²) in [7, 11) is 0. The molecule has 154 valence electrons. The van der Waals surface area contributed by atoms with Crippen LogP contribution >= 0.6 is 11.3 Å². The lowest BCUT2D eigenvalue weighted by molar-refractivity contribution is -0.137. The van der Waals surface area contributed by atoms with Crippen LogP contribution in [0.2, 0.25) is 0 Å². The van der Waals surface area contributed by atoms with E-state index in [2.05, 4.69) is 42.5 Å². The van der Waals surface area contributed by atoms with E-state index in [1.54, 1.807) is 23.7 Å². The van der Waals surface area contributed by atoms with Crippen molar-refractivity contribution in [3.8, 4) is 11.3 Å². The Morgan fingerprint density at radius 3 is 2.43 bits per heavy atom. The lowest BCUT2D eigenvalue weighted by Gasteiger charge is -2.39. The maximum atomic E-state index is 13.5. The van der Waals surface area contributed by atoms with Crippen LogP contribution < -0.4 is 4.90 Å². The van der Waals surface area contributed by atoms with Crippen LogP contribution in [0.3, 0.4) is 0 Å². The smallest absolute Gasteiger partial charge is 0.234 e. The first-order valence-electron chi connectivity index (χ1n) is 10.6. The molecule has 1 saturated carbocycles. The molecule has 3 aromatic heterocycles. The average molecular weight is 420 g/mol. The molecule has 7 heteroatoms. The summed E-state index contributed by atoms with van der Waals surface area (Å²) in [5.41, 5.74) is 1.49. The summed E-state index contributed by atoms with van der Waals surface area (Å²) in [6, 6.07) is 12.1. The van der Waals surface area contributed by atoms with Gasteiger partial charge in [-0.3, -0.25) is 9.78 Å². The Morgan fingerprint density at radius 1 is 0.967 bits per heavy atom. The molecule has 0 unspecified atom stereocenters. The van der Waals surface area contributed by atoms with Crippen molar-refractivity contribution in [2.24, 2.45) is 0 Å². The minimum Gasteiger partial charge on any atom is -0.352 e. The molecule has 4 heterocycles. The van der Waals surface area contributed by atoms with Crippen LogP contribution in [0.1, 0.15) is 30.6 Å². The average Bonchev–Trinajstić information content (AvgIpc) is 3.52. The molecular weight excluding hydrogens is 394 g/mol. The zero-order valence-corrected chi connectivity index (χ0v) is 17.7. The molecule has 2 aliphatic rings. The van der Waals surface area contributed by atoms with Crippen molar-refractivity contribution in [1.82, 2.24) is 20.1 Å². The van der Waals surface area contributed by atoms with Crippen LogP contribution in [-0.2, 0) is 10.2 Å². The highest BCUT2D eigenvalue weighted by Crippen LogP contribution is 2.44. The van der Waals surface area contributed by atoms with Crippen molar-refractivity contribution in [3.63, 3.8) is 0 Å². The fraction of sp³-hybridized carbons (Fsp3) is 0.391. The molecule has 6 nitrogen and oxygen atoms in total. The van der Waals surface area contributed by atoms with Gasteiger partial charge in [0.05, 0.1) is 11.1 Å². The molecule has 1 aliphatic heterocycles. The predicted octanol–water partition coefficient (Wildman–Crippen LogP) is 3.76. The molecule has 0 bridgehead atoms. The van der Waals surface area contributed by atoms with E-state index in [1.165, 1.54) is 4.88 Å². The largest absolute Gasteiger partial charge is 0.352 e. The summed E-state index contributed by atoms with van der Waals surface area (Å²) in [5, 5.41) is 10.9. The van der Waals surface area contributed by atoms with Crippen molar-refractivity contribution in [1.29, 1.82) is 0 Å². The number of anilines is 1. The molecule has 0 radical (unpaired) electrons. The van der Waals surface area contributed by atoms with Gasteiger partial charge in [-0.05, 0) is 48.6 Å². The maximum absolute atomic E-state index is 13.5. The van der Waals surface area contributed by atoms with Gasteiger partial charge in [0.15, 0.2) is 5.82 Å². The third-order valence-electron chi connectivity index (χ3n) is 6.36. The molecule has 0 spiro atoms. The highest BCUT2D eigenvalue weighted by atomic mass is 32.1. The number of piperazine rings is 1. The van der Waals surface area contributed by atoms with Gasteiger partial charge >= 0.3 is 0 Å². The number of hydrogen-bond acceptors (Lipinski definition) is 6. The van der Waals surface area contributed by atoms with Crippen LogP contribution in [0.25, 0.3) is 11.3 Å². The zero-order chi connectivity index (χ0) is 20.4. The molecule has 0 N–H and O–H groups in total. The van der Waals surface area contributed by atoms with E-state index in [4.69, 9.17) is 0 Å². The second-order valence-corrected chi connectivity index (χ2v) is 9.01. The molecular formula is C23H25N5OS. The summed E-state index contributed by atoms with van der Waals surface area (Å²) in [6.07, 6.45) is 7.79. The van der Waals surface area contributed by atoms with Crippen LogP contribution in [0.4, 0.5) is 5.82 Å².